The zero-order chi connectivity index (χ0) is 12.1. The van der Waals surface area contributed by atoms with Crippen molar-refractivity contribution in [3.05, 3.63) is 0 Å². The number of aliphatic hydroxyl groups is 1. The average molecular weight is 216 g/mol. The quantitative estimate of drug-likeness (QED) is 0.688. The third kappa shape index (κ3) is 3.20. The van der Waals surface area contributed by atoms with E-state index in [-0.39, 0.29) is 11.8 Å². The number of hydrogen-bond donors (Lipinski definition) is 2. The van der Waals surface area contributed by atoms with Gasteiger partial charge in [-0.15, -0.1) is 0 Å². The van der Waals surface area contributed by atoms with Gasteiger partial charge in [0.2, 0.25) is 0 Å². The number of carboxylic acid groups (broad SMARTS) is 1. The number of carbonyl (C=O) groups is 1. The van der Waals surface area contributed by atoms with E-state index in [0.717, 1.165) is 25.7 Å². The molecule has 0 aliphatic carbocycles. The Morgan fingerprint density at radius 3 is 1.80 bits per heavy atom. The molecule has 0 bridgehead atoms. The smallest absolute Gasteiger partial charge is 0.336 e. The Kier molecular flexibility index (Phi) is 5.88. The van der Waals surface area contributed by atoms with Crippen LogP contribution in [0.2, 0.25) is 0 Å². The third-order valence-electron chi connectivity index (χ3n) is 3.12. The molecule has 0 aromatic heterocycles. The van der Waals surface area contributed by atoms with Crippen LogP contribution in [0.25, 0.3) is 0 Å². The minimum absolute atomic E-state index is 0.134. The van der Waals surface area contributed by atoms with E-state index >= 15 is 0 Å². The minimum Gasteiger partial charge on any atom is -0.479 e. The van der Waals surface area contributed by atoms with Gasteiger partial charge in [0.1, 0.15) is 0 Å². The van der Waals surface area contributed by atoms with Gasteiger partial charge in [-0.25, -0.2) is 4.79 Å². The second-order valence-corrected chi connectivity index (χ2v) is 4.56. The Morgan fingerprint density at radius 2 is 1.60 bits per heavy atom. The van der Waals surface area contributed by atoms with Crippen LogP contribution in [0.1, 0.15) is 53.4 Å². The summed E-state index contributed by atoms with van der Waals surface area (Å²) in [5.41, 5.74) is -1.56. The van der Waals surface area contributed by atoms with Crippen molar-refractivity contribution in [2.45, 2.75) is 59.0 Å². The Labute approximate surface area is 92.5 Å². The Bertz CT molecular complexity index is 195. The van der Waals surface area contributed by atoms with E-state index in [1.165, 1.54) is 0 Å². The summed E-state index contributed by atoms with van der Waals surface area (Å²) in [4.78, 5) is 11.2. The van der Waals surface area contributed by atoms with Crippen LogP contribution in [0.3, 0.4) is 0 Å². The first kappa shape index (κ1) is 14.4. The second kappa shape index (κ2) is 6.11. The molecule has 0 aromatic carbocycles. The molecule has 0 aromatic rings. The summed E-state index contributed by atoms with van der Waals surface area (Å²) in [6.45, 7) is 7.58. The monoisotopic (exact) mass is 216 g/mol. The molecule has 0 saturated carbocycles. The lowest BCUT2D eigenvalue weighted by Crippen LogP contribution is -2.50. The maximum Gasteiger partial charge on any atom is 0.336 e. The van der Waals surface area contributed by atoms with Crippen LogP contribution in [0.4, 0.5) is 0 Å². The molecule has 0 spiro atoms. The van der Waals surface area contributed by atoms with Crippen molar-refractivity contribution in [3.8, 4) is 0 Å². The highest BCUT2D eigenvalue weighted by Crippen LogP contribution is 2.33. The van der Waals surface area contributed by atoms with Crippen molar-refractivity contribution in [2.75, 3.05) is 0 Å². The highest BCUT2D eigenvalue weighted by molar-refractivity contribution is 5.77. The molecule has 0 heterocycles. The lowest BCUT2D eigenvalue weighted by Gasteiger charge is -2.35. The number of hydrogen-bond acceptors (Lipinski definition) is 2. The predicted molar refractivity (Wildman–Crippen MR) is 60.7 cm³/mol. The zero-order valence-electron chi connectivity index (χ0n) is 10.3. The van der Waals surface area contributed by atoms with Crippen molar-refractivity contribution in [1.29, 1.82) is 0 Å². The Morgan fingerprint density at radius 1 is 1.20 bits per heavy atom. The molecule has 0 rings (SSSR count). The van der Waals surface area contributed by atoms with Crippen molar-refractivity contribution in [3.63, 3.8) is 0 Å². The number of carboxylic acids is 1. The predicted octanol–water partition coefficient (Wildman–Crippen LogP) is 2.67. The fourth-order valence-electron chi connectivity index (χ4n) is 2.17. The SMILES string of the molecule is CCCC(CCC)C(O)(C(=O)O)C(C)C. The lowest BCUT2D eigenvalue weighted by atomic mass is 9.74. The van der Waals surface area contributed by atoms with E-state index in [9.17, 15) is 15.0 Å². The fourth-order valence-corrected chi connectivity index (χ4v) is 2.17. The van der Waals surface area contributed by atoms with Gasteiger partial charge in [0.25, 0.3) is 0 Å². The van der Waals surface area contributed by atoms with Gasteiger partial charge in [0.05, 0.1) is 0 Å². The van der Waals surface area contributed by atoms with Crippen LogP contribution in [0.5, 0.6) is 0 Å². The van der Waals surface area contributed by atoms with E-state index in [4.69, 9.17) is 0 Å². The summed E-state index contributed by atoms with van der Waals surface area (Å²) >= 11 is 0. The first-order valence-corrected chi connectivity index (χ1v) is 5.86. The molecule has 2 N–H and O–H groups in total. The molecule has 0 saturated heterocycles. The molecule has 90 valence electrons. The van der Waals surface area contributed by atoms with Crippen LogP contribution in [0, 0.1) is 11.8 Å². The van der Waals surface area contributed by atoms with Crippen LogP contribution in [0.15, 0.2) is 0 Å². The largest absolute Gasteiger partial charge is 0.479 e. The van der Waals surface area contributed by atoms with Gasteiger partial charge in [-0.2, -0.15) is 0 Å². The molecule has 3 nitrogen and oxygen atoms in total. The van der Waals surface area contributed by atoms with Gasteiger partial charge >= 0.3 is 5.97 Å². The van der Waals surface area contributed by atoms with Gasteiger partial charge < -0.3 is 10.2 Å². The van der Waals surface area contributed by atoms with E-state index < -0.39 is 11.6 Å². The van der Waals surface area contributed by atoms with E-state index in [0.29, 0.717) is 0 Å². The summed E-state index contributed by atoms with van der Waals surface area (Å²) in [6.07, 6.45) is 3.36. The molecule has 1 unspecified atom stereocenters. The minimum atomic E-state index is -1.56. The molecular formula is C12H24O3. The van der Waals surface area contributed by atoms with E-state index in [1.54, 1.807) is 13.8 Å². The topological polar surface area (TPSA) is 57.5 Å². The second-order valence-electron chi connectivity index (χ2n) is 4.56. The summed E-state index contributed by atoms with van der Waals surface area (Å²) in [6, 6.07) is 0. The maximum absolute atomic E-state index is 11.2. The molecule has 0 radical (unpaired) electrons. The van der Waals surface area contributed by atoms with Crippen LogP contribution in [-0.2, 0) is 4.79 Å². The lowest BCUT2D eigenvalue weighted by molar-refractivity contribution is -0.172. The van der Waals surface area contributed by atoms with Gasteiger partial charge in [0.15, 0.2) is 5.60 Å². The summed E-state index contributed by atoms with van der Waals surface area (Å²) in [5.74, 6) is -1.47. The van der Waals surface area contributed by atoms with Crippen molar-refractivity contribution in [1.82, 2.24) is 0 Å². The van der Waals surface area contributed by atoms with Crippen LogP contribution in [-0.4, -0.2) is 21.8 Å². The normalized spacial score (nSPS) is 15.7. The highest BCUT2D eigenvalue weighted by Gasteiger charge is 2.45. The van der Waals surface area contributed by atoms with Crippen molar-refractivity contribution in [2.24, 2.45) is 11.8 Å². The average Bonchev–Trinajstić information content (AvgIpc) is 2.15. The van der Waals surface area contributed by atoms with Gasteiger partial charge in [-0.1, -0.05) is 40.5 Å². The third-order valence-corrected chi connectivity index (χ3v) is 3.12. The molecule has 3 heteroatoms. The fraction of sp³-hybridized carbons (Fsp3) is 0.917. The van der Waals surface area contributed by atoms with Gasteiger partial charge in [-0.05, 0) is 24.7 Å². The molecular weight excluding hydrogens is 192 g/mol. The zero-order valence-corrected chi connectivity index (χ0v) is 10.3. The molecule has 0 fully saturated rings. The Balaban J connectivity index is 4.90. The molecule has 0 aliphatic rings. The summed E-state index contributed by atoms with van der Waals surface area (Å²) < 4.78 is 0. The van der Waals surface area contributed by atoms with Gasteiger partial charge in [0, 0.05) is 0 Å². The summed E-state index contributed by atoms with van der Waals surface area (Å²) in [7, 11) is 0. The van der Waals surface area contributed by atoms with Crippen molar-refractivity contribution < 1.29 is 15.0 Å². The number of aliphatic carboxylic acids is 1. The number of rotatable bonds is 7. The molecule has 0 aliphatic heterocycles. The molecule has 1 atom stereocenters. The van der Waals surface area contributed by atoms with E-state index in [1.807, 2.05) is 13.8 Å². The van der Waals surface area contributed by atoms with Crippen LogP contribution < -0.4 is 0 Å². The first-order chi connectivity index (χ1) is 6.91. The molecule has 0 amide bonds. The first-order valence-electron chi connectivity index (χ1n) is 5.86. The van der Waals surface area contributed by atoms with Crippen LogP contribution >= 0.6 is 0 Å². The highest BCUT2D eigenvalue weighted by atomic mass is 16.4. The Hall–Kier alpha value is -0.570. The molecule has 15 heavy (non-hydrogen) atoms. The summed E-state index contributed by atoms with van der Waals surface area (Å²) in [5, 5.41) is 19.5. The standard InChI is InChI=1S/C12H24O3/c1-5-7-10(8-6-2)12(15,9(3)4)11(13)14/h9-10,15H,5-8H2,1-4H3,(H,13,14). The maximum atomic E-state index is 11.2. The van der Waals surface area contributed by atoms with Gasteiger partial charge in [-0.3, -0.25) is 0 Å². The van der Waals surface area contributed by atoms with E-state index in [2.05, 4.69) is 0 Å². The van der Waals surface area contributed by atoms with Crippen molar-refractivity contribution >= 4 is 5.97 Å².